The lowest BCUT2D eigenvalue weighted by Crippen LogP contribution is -2.48. The smallest absolute Gasteiger partial charge is 0.252 e. The van der Waals surface area contributed by atoms with Crippen LogP contribution in [0.25, 0.3) is 22.0 Å². The van der Waals surface area contributed by atoms with E-state index in [9.17, 15) is 8.42 Å². The topological polar surface area (TPSA) is 66.4 Å². The van der Waals surface area contributed by atoms with E-state index in [1.54, 1.807) is 39.4 Å². The third kappa shape index (κ3) is 3.33. The van der Waals surface area contributed by atoms with Crippen LogP contribution in [-0.4, -0.2) is 48.9 Å². The zero-order valence-corrected chi connectivity index (χ0v) is 17.9. The molecule has 0 aromatic carbocycles. The second-order valence-electron chi connectivity index (χ2n) is 6.73. The van der Waals surface area contributed by atoms with Crippen molar-refractivity contribution in [3.8, 4) is 11.1 Å². The van der Waals surface area contributed by atoms with Gasteiger partial charge in [-0.25, -0.2) is 13.4 Å². The second-order valence-corrected chi connectivity index (χ2v) is 10.6. The van der Waals surface area contributed by atoms with Gasteiger partial charge in [0.25, 0.3) is 10.0 Å². The quantitative estimate of drug-likeness (QED) is 0.479. The SMILES string of the molecule is O=S(=O)(c1cccs1)N1CCN(c2ncc(-c3ccsc3)c3cccnc23)CC1. The number of hydrogen-bond acceptors (Lipinski definition) is 7. The second kappa shape index (κ2) is 7.49. The van der Waals surface area contributed by atoms with E-state index in [1.807, 2.05) is 12.3 Å². The number of rotatable bonds is 4. The molecule has 9 heteroatoms. The molecule has 0 bridgehead atoms. The normalized spacial score (nSPS) is 15.8. The maximum atomic E-state index is 12.8. The summed E-state index contributed by atoms with van der Waals surface area (Å²) in [5, 5.41) is 7.01. The lowest BCUT2D eigenvalue weighted by Gasteiger charge is -2.34. The number of aromatic nitrogens is 2. The first-order chi connectivity index (χ1) is 14.1. The van der Waals surface area contributed by atoms with Crippen molar-refractivity contribution in [1.29, 1.82) is 0 Å². The average Bonchev–Trinajstić information content (AvgIpc) is 3.47. The van der Waals surface area contributed by atoms with Crippen molar-refractivity contribution in [2.45, 2.75) is 4.21 Å². The molecule has 0 spiro atoms. The highest BCUT2D eigenvalue weighted by atomic mass is 32.2. The molecule has 148 valence electrons. The van der Waals surface area contributed by atoms with Gasteiger partial charge in [-0.3, -0.25) is 4.98 Å². The Hall–Kier alpha value is -2.33. The molecule has 0 saturated carbocycles. The summed E-state index contributed by atoms with van der Waals surface area (Å²) in [4.78, 5) is 11.5. The predicted molar refractivity (Wildman–Crippen MR) is 118 cm³/mol. The molecule has 0 unspecified atom stereocenters. The number of nitrogens with zero attached hydrogens (tertiary/aromatic N) is 4. The van der Waals surface area contributed by atoms with Gasteiger partial charge in [-0.1, -0.05) is 12.1 Å². The summed E-state index contributed by atoms with van der Waals surface area (Å²) < 4.78 is 27.5. The van der Waals surface area contributed by atoms with Crippen molar-refractivity contribution in [2.75, 3.05) is 31.1 Å². The number of fused-ring (bicyclic) bond motifs is 1. The Morgan fingerprint density at radius 3 is 2.55 bits per heavy atom. The van der Waals surface area contributed by atoms with Gasteiger partial charge in [0, 0.05) is 49.5 Å². The minimum absolute atomic E-state index is 0.399. The molecule has 1 saturated heterocycles. The molecule has 0 atom stereocenters. The number of pyridine rings is 2. The third-order valence-corrected chi connectivity index (χ3v) is 9.04. The summed E-state index contributed by atoms with van der Waals surface area (Å²) in [7, 11) is -3.41. The first-order valence-electron chi connectivity index (χ1n) is 9.19. The summed E-state index contributed by atoms with van der Waals surface area (Å²) in [5.41, 5.74) is 3.06. The fourth-order valence-electron chi connectivity index (χ4n) is 3.61. The van der Waals surface area contributed by atoms with Crippen LogP contribution >= 0.6 is 22.7 Å². The molecule has 0 N–H and O–H groups in total. The van der Waals surface area contributed by atoms with Crippen molar-refractivity contribution < 1.29 is 8.42 Å². The van der Waals surface area contributed by atoms with Gasteiger partial charge in [-0.2, -0.15) is 15.6 Å². The maximum Gasteiger partial charge on any atom is 0.252 e. The lowest BCUT2D eigenvalue weighted by atomic mass is 10.1. The van der Waals surface area contributed by atoms with Gasteiger partial charge >= 0.3 is 0 Å². The Balaban J connectivity index is 1.44. The standard InChI is InChI=1S/C20H18N4O2S3/c25-29(26,18-4-2-11-28-18)24-9-7-23(8-10-24)20-19-16(3-1-6-21-19)17(13-22-20)15-5-12-27-14-15/h1-6,11-14H,7-10H2. The van der Waals surface area contributed by atoms with E-state index >= 15 is 0 Å². The number of sulfonamides is 1. The number of hydrogen-bond donors (Lipinski definition) is 0. The first kappa shape index (κ1) is 18.7. The lowest BCUT2D eigenvalue weighted by molar-refractivity contribution is 0.385. The highest BCUT2D eigenvalue weighted by Gasteiger charge is 2.30. The molecule has 4 aromatic heterocycles. The first-order valence-corrected chi connectivity index (χ1v) is 12.5. The predicted octanol–water partition coefficient (Wildman–Crippen LogP) is 3.93. The number of thiophene rings is 2. The van der Waals surface area contributed by atoms with Crippen molar-refractivity contribution in [2.24, 2.45) is 0 Å². The minimum Gasteiger partial charge on any atom is -0.352 e. The van der Waals surface area contributed by atoms with Crippen LogP contribution in [0.1, 0.15) is 0 Å². The Kier molecular flexibility index (Phi) is 4.83. The van der Waals surface area contributed by atoms with Crippen LogP contribution in [0.5, 0.6) is 0 Å². The Morgan fingerprint density at radius 2 is 1.83 bits per heavy atom. The molecule has 1 aliphatic heterocycles. The largest absolute Gasteiger partial charge is 0.352 e. The van der Waals surface area contributed by atoms with E-state index in [1.165, 1.54) is 11.3 Å². The third-order valence-electron chi connectivity index (χ3n) is 5.09. The van der Waals surface area contributed by atoms with Crippen LogP contribution in [0, 0.1) is 0 Å². The van der Waals surface area contributed by atoms with E-state index in [4.69, 9.17) is 4.98 Å². The van der Waals surface area contributed by atoms with Gasteiger partial charge in [0.1, 0.15) is 9.73 Å². The highest BCUT2D eigenvalue weighted by Crippen LogP contribution is 2.33. The van der Waals surface area contributed by atoms with Gasteiger partial charge in [0.05, 0.1) is 0 Å². The van der Waals surface area contributed by atoms with Gasteiger partial charge < -0.3 is 4.90 Å². The van der Waals surface area contributed by atoms with E-state index < -0.39 is 10.0 Å². The van der Waals surface area contributed by atoms with Gasteiger partial charge in [0.2, 0.25) is 0 Å². The van der Waals surface area contributed by atoms with E-state index in [0.717, 1.165) is 27.8 Å². The molecular formula is C20H18N4O2S3. The van der Waals surface area contributed by atoms with Crippen LogP contribution < -0.4 is 4.90 Å². The number of piperazine rings is 1. The fraction of sp³-hybridized carbons (Fsp3) is 0.200. The van der Waals surface area contributed by atoms with Crippen LogP contribution in [0.2, 0.25) is 0 Å². The van der Waals surface area contributed by atoms with Crippen LogP contribution in [0.3, 0.4) is 0 Å². The van der Waals surface area contributed by atoms with Gasteiger partial charge in [-0.15, -0.1) is 11.3 Å². The van der Waals surface area contributed by atoms with Gasteiger partial charge in [-0.05, 0) is 39.9 Å². The molecule has 1 aliphatic rings. The monoisotopic (exact) mass is 442 g/mol. The van der Waals surface area contributed by atoms with Crippen molar-refractivity contribution in [3.05, 3.63) is 58.9 Å². The summed E-state index contributed by atoms with van der Waals surface area (Å²) in [6, 6.07) is 9.52. The van der Waals surface area contributed by atoms with E-state index in [2.05, 4.69) is 32.8 Å². The summed E-state index contributed by atoms with van der Waals surface area (Å²) in [6.07, 6.45) is 3.68. The Labute approximate surface area is 177 Å². The van der Waals surface area contributed by atoms with Crippen molar-refractivity contribution in [3.63, 3.8) is 0 Å². The molecular weight excluding hydrogens is 424 g/mol. The molecule has 5 rings (SSSR count). The molecule has 0 radical (unpaired) electrons. The zero-order chi connectivity index (χ0) is 19.8. The van der Waals surface area contributed by atoms with E-state index in [-0.39, 0.29) is 0 Å². The van der Waals surface area contributed by atoms with Crippen molar-refractivity contribution in [1.82, 2.24) is 14.3 Å². The summed E-state index contributed by atoms with van der Waals surface area (Å²) >= 11 is 2.91. The molecule has 0 amide bonds. The van der Waals surface area contributed by atoms with Crippen LogP contribution in [0.15, 0.2) is 63.1 Å². The fourth-order valence-corrected chi connectivity index (χ4v) is 6.84. The van der Waals surface area contributed by atoms with Gasteiger partial charge in [0.15, 0.2) is 5.82 Å². The summed E-state index contributed by atoms with van der Waals surface area (Å²) in [5.74, 6) is 0.813. The average molecular weight is 443 g/mol. The molecule has 1 fully saturated rings. The highest BCUT2D eigenvalue weighted by molar-refractivity contribution is 7.91. The van der Waals surface area contributed by atoms with Crippen LogP contribution in [-0.2, 0) is 10.0 Å². The Morgan fingerprint density at radius 1 is 0.966 bits per heavy atom. The zero-order valence-electron chi connectivity index (χ0n) is 15.4. The Bertz CT molecular complexity index is 1230. The molecule has 6 nitrogen and oxygen atoms in total. The van der Waals surface area contributed by atoms with E-state index in [0.29, 0.717) is 30.4 Å². The summed E-state index contributed by atoms with van der Waals surface area (Å²) in [6.45, 7) is 2.03. The molecule has 29 heavy (non-hydrogen) atoms. The molecule has 0 aliphatic carbocycles. The van der Waals surface area contributed by atoms with Crippen LogP contribution in [0.4, 0.5) is 5.82 Å². The molecule has 5 heterocycles. The minimum atomic E-state index is -3.41. The number of anilines is 1. The molecule has 4 aromatic rings. The maximum absolute atomic E-state index is 12.8. The van der Waals surface area contributed by atoms with Crippen molar-refractivity contribution >= 4 is 49.4 Å².